The lowest BCUT2D eigenvalue weighted by atomic mass is 10.2. The van der Waals surface area contributed by atoms with Crippen molar-refractivity contribution in [2.75, 3.05) is 11.9 Å². The molecule has 1 heterocycles. The van der Waals surface area contributed by atoms with Crippen molar-refractivity contribution in [1.82, 2.24) is 0 Å². The van der Waals surface area contributed by atoms with Crippen LogP contribution in [0, 0.1) is 5.82 Å². The van der Waals surface area contributed by atoms with Gasteiger partial charge in [-0.2, -0.15) is 0 Å². The molecule has 0 amide bonds. The molecule has 0 spiro atoms. The minimum Gasteiger partial charge on any atom is -0.384 e. The predicted molar refractivity (Wildman–Crippen MR) is 43.6 cm³/mol. The molecule has 0 saturated carbocycles. The average Bonchev–Trinajstić information content (AvgIpc) is 2.34. The first-order chi connectivity index (χ1) is 5.27. The van der Waals surface area contributed by atoms with Crippen LogP contribution in [-0.2, 0) is 6.42 Å². The van der Waals surface area contributed by atoms with Crippen LogP contribution in [0.3, 0.4) is 0 Å². The predicted octanol–water partition coefficient (Wildman–Crippen LogP) is 2.45. The molecule has 58 valence electrons. The molecular weight excluding hydrogens is 165 g/mol. The van der Waals surface area contributed by atoms with Crippen LogP contribution in [0.2, 0.25) is 5.02 Å². The Morgan fingerprint density at radius 3 is 3.09 bits per heavy atom. The highest BCUT2D eigenvalue weighted by atomic mass is 35.5. The van der Waals surface area contributed by atoms with Gasteiger partial charge in [0.15, 0.2) is 0 Å². The highest BCUT2D eigenvalue weighted by Gasteiger charge is 2.14. The normalized spacial score (nSPS) is 14.4. The van der Waals surface area contributed by atoms with E-state index in [0.717, 1.165) is 24.2 Å². The molecule has 1 aliphatic heterocycles. The SMILES string of the molecule is Fc1cc(Cl)c2c(c1)NCC2. The molecule has 0 atom stereocenters. The second-order valence-corrected chi connectivity index (χ2v) is 3.00. The van der Waals surface area contributed by atoms with Crippen LogP contribution < -0.4 is 5.32 Å². The van der Waals surface area contributed by atoms with Gasteiger partial charge in [0, 0.05) is 17.3 Å². The van der Waals surface area contributed by atoms with Crippen LogP contribution in [0.1, 0.15) is 5.56 Å². The highest BCUT2D eigenvalue weighted by Crippen LogP contribution is 2.29. The molecule has 0 aliphatic carbocycles. The van der Waals surface area contributed by atoms with Gasteiger partial charge in [-0.05, 0) is 24.1 Å². The number of rotatable bonds is 0. The van der Waals surface area contributed by atoms with Gasteiger partial charge in [0.25, 0.3) is 0 Å². The van der Waals surface area contributed by atoms with Crippen molar-refractivity contribution in [3.63, 3.8) is 0 Å². The zero-order valence-corrected chi connectivity index (χ0v) is 6.58. The molecule has 1 aliphatic rings. The van der Waals surface area contributed by atoms with Gasteiger partial charge in [-0.1, -0.05) is 11.6 Å². The van der Waals surface area contributed by atoms with E-state index >= 15 is 0 Å². The third-order valence-corrected chi connectivity index (χ3v) is 2.19. The van der Waals surface area contributed by atoms with E-state index in [1.54, 1.807) is 0 Å². The molecule has 1 N–H and O–H groups in total. The Hall–Kier alpha value is -0.760. The topological polar surface area (TPSA) is 12.0 Å². The molecule has 11 heavy (non-hydrogen) atoms. The molecular formula is C8H7ClFN. The van der Waals surface area contributed by atoms with Crippen LogP contribution in [0.5, 0.6) is 0 Å². The van der Waals surface area contributed by atoms with Gasteiger partial charge < -0.3 is 5.32 Å². The standard InChI is InChI=1S/C8H7ClFN/c9-7-3-5(10)4-8-6(7)1-2-11-8/h3-4,11H,1-2H2. The number of anilines is 1. The van der Waals surface area contributed by atoms with E-state index in [1.807, 2.05) is 0 Å². The Labute approximate surface area is 69.2 Å². The number of benzene rings is 1. The maximum Gasteiger partial charge on any atom is 0.126 e. The summed E-state index contributed by atoms with van der Waals surface area (Å²) >= 11 is 5.79. The Morgan fingerprint density at radius 1 is 1.45 bits per heavy atom. The zero-order valence-electron chi connectivity index (χ0n) is 5.82. The molecule has 1 nitrogen and oxygen atoms in total. The van der Waals surface area contributed by atoms with Crippen molar-refractivity contribution < 1.29 is 4.39 Å². The second kappa shape index (κ2) is 2.38. The summed E-state index contributed by atoms with van der Waals surface area (Å²) in [5.41, 5.74) is 1.88. The van der Waals surface area contributed by atoms with Gasteiger partial charge in [-0.25, -0.2) is 4.39 Å². The second-order valence-electron chi connectivity index (χ2n) is 2.59. The van der Waals surface area contributed by atoms with Crippen molar-refractivity contribution in [3.05, 3.63) is 28.5 Å². The molecule has 2 rings (SSSR count). The van der Waals surface area contributed by atoms with Crippen LogP contribution in [0.4, 0.5) is 10.1 Å². The van der Waals surface area contributed by atoms with Crippen LogP contribution >= 0.6 is 11.6 Å². The smallest absolute Gasteiger partial charge is 0.126 e. The molecule has 3 heteroatoms. The van der Waals surface area contributed by atoms with Crippen LogP contribution in [0.15, 0.2) is 12.1 Å². The third-order valence-electron chi connectivity index (χ3n) is 1.85. The minimum absolute atomic E-state index is 0.275. The monoisotopic (exact) mass is 171 g/mol. The lowest BCUT2D eigenvalue weighted by Gasteiger charge is -2.00. The first-order valence-corrected chi connectivity index (χ1v) is 3.87. The molecule has 0 bridgehead atoms. The molecule has 0 fully saturated rings. The van der Waals surface area contributed by atoms with E-state index in [0.29, 0.717) is 5.02 Å². The van der Waals surface area contributed by atoms with Gasteiger partial charge in [0.2, 0.25) is 0 Å². The first-order valence-electron chi connectivity index (χ1n) is 3.49. The Balaban J connectivity index is 2.60. The summed E-state index contributed by atoms with van der Waals surface area (Å²) in [6.45, 7) is 0.860. The zero-order chi connectivity index (χ0) is 7.84. The van der Waals surface area contributed by atoms with Gasteiger partial charge in [-0.3, -0.25) is 0 Å². The molecule has 0 aromatic heterocycles. The fourth-order valence-electron chi connectivity index (χ4n) is 1.34. The van der Waals surface area contributed by atoms with Crippen LogP contribution in [-0.4, -0.2) is 6.54 Å². The van der Waals surface area contributed by atoms with E-state index in [2.05, 4.69) is 5.32 Å². The van der Waals surface area contributed by atoms with E-state index in [9.17, 15) is 4.39 Å². The average molecular weight is 172 g/mol. The van der Waals surface area contributed by atoms with E-state index in [4.69, 9.17) is 11.6 Å². The molecule has 0 unspecified atom stereocenters. The van der Waals surface area contributed by atoms with Crippen molar-refractivity contribution in [1.29, 1.82) is 0 Å². The summed E-state index contributed by atoms with van der Waals surface area (Å²) < 4.78 is 12.7. The number of hydrogen-bond donors (Lipinski definition) is 1. The highest BCUT2D eigenvalue weighted by molar-refractivity contribution is 6.31. The maximum absolute atomic E-state index is 12.7. The molecule has 1 aromatic rings. The van der Waals surface area contributed by atoms with Crippen molar-refractivity contribution in [3.8, 4) is 0 Å². The number of halogens is 2. The Morgan fingerprint density at radius 2 is 2.27 bits per heavy atom. The van der Waals surface area contributed by atoms with Crippen molar-refractivity contribution in [2.45, 2.75) is 6.42 Å². The van der Waals surface area contributed by atoms with E-state index < -0.39 is 0 Å². The van der Waals surface area contributed by atoms with Gasteiger partial charge in [0.05, 0.1) is 0 Å². The minimum atomic E-state index is -0.275. The summed E-state index contributed by atoms with van der Waals surface area (Å²) in [6, 6.07) is 2.83. The summed E-state index contributed by atoms with van der Waals surface area (Å²) in [5.74, 6) is -0.275. The first kappa shape index (κ1) is 6.92. The van der Waals surface area contributed by atoms with Gasteiger partial charge >= 0.3 is 0 Å². The fraction of sp³-hybridized carbons (Fsp3) is 0.250. The summed E-state index contributed by atoms with van der Waals surface area (Å²) in [5, 5.41) is 3.59. The quantitative estimate of drug-likeness (QED) is 0.632. The van der Waals surface area contributed by atoms with E-state index in [-0.39, 0.29) is 5.82 Å². The largest absolute Gasteiger partial charge is 0.384 e. The Kier molecular flexibility index (Phi) is 1.50. The molecule has 0 radical (unpaired) electrons. The maximum atomic E-state index is 12.7. The summed E-state index contributed by atoms with van der Waals surface area (Å²) in [4.78, 5) is 0. The number of nitrogens with one attached hydrogen (secondary N) is 1. The molecule has 0 saturated heterocycles. The summed E-state index contributed by atoms with van der Waals surface area (Å²) in [6.07, 6.45) is 0.897. The van der Waals surface area contributed by atoms with Gasteiger partial charge in [-0.15, -0.1) is 0 Å². The Bertz CT molecular complexity index is 298. The third kappa shape index (κ3) is 1.07. The number of hydrogen-bond acceptors (Lipinski definition) is 1. The van der Waals surface area contributed by atoms with Crippen molar-refractivity contribution >= 4 is 17.3 Å². The van der Waals surface area contributed by atoms with Crippen molar-refractivity contribution in [2.24, 2.45) is 0 Å². The number of fused-ring (bicyclic) bond motifs is 1. The lowest BCUT2D eigenvalue weighted by Crippen LogP contribution is -1.90. The van der Waals surface area contributed by atoms with E-state index in [1.165, 1.54) is 12.1 Å². The summed E-state index contributed by atoms with van der Waals surface area (Å²) in [7, 11) is 0. The van der Waals surface area contributed by atoms with Crippen LogP contribution in [0.25, 0.3) is 0 Å². The molecule has 1 aromatic carbocycles. The fourth-order valence-corrected chi connectivity index (χ4v) is 1.64. The van der Waals surface area contributed by atoms with Gasteiger partial charge in [0.1, 0.15) is 5.82 Å². The lowest BCUT2D eigenvalue weighted by molar-refractivity contribution is 0.628.